The number of rotatable bonds is 0. The molecule has 68 valence electrons. The van der Waals surface area contributed by atoms with Gasteiger partial charge in [-0.2, -0.15) is 0 Å². The van der Waals surface area contributed by atoms with E-state index in [0.717, 1.165) is 6.26 Å². The molecule has 4 nitrogen and oxygen atoms in total. The molecule has 1 N–H and O–H groups in total. The maximum Gasteiger partial charge on any atom is 0.223 e. The zero-order chi connectivity index (χ0) is 9.41. The number of alkyl halides is 2. The van der Waals surface area contributed by atoms with Gasteiger partial charge in [0.25, 0.3) is 0 Å². The standard InChI is InChI=1S/C5H6Cl2N2O2S/c1-12(10,11)4-8-3-2-5(6,7)9-4/h2-3H,1H3,(H,8,9). The zero-order valence-electron chi connectivity index (χ0n) is 6.08. The Kier molecular flexibility index (Phi) is 2.38. The number of hydrogen-bond donors (Lipinski definition) is 1. The van der Waals surface area contributed by atoms with Crippen LogP contribution in [0, 0.1) is 0 Å². The Labute approximate surface area is 80.2 Å². The minimum absolute atomic E-state index is 0.227. The van der Waals surface area contributed by atoms with Crippen molar-refractivity contribution < 1.29 is 8.42 Å². The average molecular weight is 229 g/mol. The fourth-order valence-electron chi connectivity index (χ4n) is 0.604. The third-order valence-corrected chi connectivity index (χ3v) is 2.45. The molecular weight excluding hydrogens is 223 g/mol. The van der Waals surface area contributed by atoms with E-state index in [4.69, 9.17) is 23.2 Å². The number of sulfone groups is 1. The van der Waals surface area contributed by atoms with Crippen LogP contribution in [-0.2, 0) is 9.84 Å². The van der Waals surface area contributed by atoms with E-state index in [-0.39, 0.29) is 5.17 Å². The van der Waals surface area contributed by atoms with Gasteiger partial charge in [-0.25, -0.2) is 13.4 Å². The van der Waals surface area contributed by atoms with Gasteiger partial charge in [0, 0.05) is 12.5 Å². The first-order chi connectivity index (χ1) is 5.31. The second kappa shape index (κ2) is 2.90. The molecule has 0 bridgehead atoms. The van der Waals surface area contributed by atoms with E-state index in [1.807, 2.05) is 0 Å². The molecule has 0 fully saturated rings. The minimum atomic E-state index is -3.38. The van der Waals surface area contributed by atoms with Crippen LogP contribution in [0.15, 0.2) is 17.3 Å². The van der Waals surface area contributed by atoms with E-state index in [2.05, 4.69) is 10.3 Å². The highest BCUT2D eigenvalue weighted by Crippen LogP contribution is 2.21. The second-order valence-corrected chi connectivity index (χ2v) is 5.59. The molecule has 0 radical (unpaired) electrons. The van der Waals surface area contributed by atoms with Gasteiger partial charge in [-0.05, 0) is 6.08 Å². The average Bonchev–Trinajstić information content (AvgIpc) is 1.83. The van der Waals surface area contributed by atoms with Crippen molar-refractivity contribution in [3.63, 3.8) is 0 Å². The van der Waals surface area contributed by atoms with Crippen LogP contribution >= 0.6 is 23.2 Å². The van der Waals surface area contributed by atoms with Crippen molar-refractivity contribution in [3.05, 3.63) is 12.3 Å². The van der Waals surface area contributed by atoms with Crippen LogP contribution in [0.1, 0.15) is 0 Å². The lowest BCUT2D eigenvalue weighted by Gasteiger charge is -2.20. The summed E-state index contributed by atoms with van der Waals surface area (Å²) >= 11 is 11.2. The molecule has 0 saturated carbocycles. The predicted molar refractivity (Wildman–Crippen MR) is 49.0 cm³/mol. The smallest absolute Gasteiger partial charge is 0.223 e. The number of hydrogen-bond acceptors (Lipinski definition) is 4. The van der Waals surface area contributed by atoms with Gasteiger partial charge in [0.05, 0.1) is 0 Å². The lowest BCUT2D eigenvalue weighted by molar-refractivity contribution is 0.610. The maximum absolute atomic E-state index is 10.9. The highest BCUT2D eigenvalue weighted by Gasteiger charge is 2.28. The van der Waals surface area contributed by atoms with Crippen LogP contribution < -0.4 is 5.32 Å². The number of amidine groups is 1. The number of aliphatic imine (C=N–C) groups is 1. The topological polar surface area (TPSA) is 58.5 Å². The first kappa shape index (κ1) is 9.83. The molecule has 1 rings (SSSR count). The molecule has 0 aromatic carbocycles. The van der Waals surface area contributed by atoms with Gasteiger partial charge in [-0.15, -0.1) is 0 Å². The first-order valence-electron chi connectivity index (χ1n) is 2.93. The zero-order valence-corrected chi connectivity index (χ0v) is 8.41. The normalized spacial score (nSPS) is 21.4. The molecule has 0 aromatic heterocycles. The number of nitrogens with zero attached hydrogens (tertiary/aromatic N) is 1. The maximum atomic E-state index is 10.9. The Morgan fingerprint density at radius 3 is 2.50 bits per heavy atom. The summed E-state index contributed by atoms with van der Waals surface area (Å²) in [7, 11) is -3.38. The van der Waals surface area contributed by atoms with Crippen LogP contribution in [0.2, 0.25) is 0 Å². The summed E-state index contributed by atoms with van der Waals surface area (Å²) in [5.41, 5.74) is 0. The summed E-state index contributed by atoms with van der Waals surface area (Å²) < 4.78 is 20.5. The van der Waals surface area contributed by atoms with Crippen LogP contribution in [-0.4, -0.2) is 24.3 Å². The van der Waals surface area contributed by atoms with Crippen molar-refractivity contribution in [2.24, 2.45) is 4.99 Å². The summed E-state index contributed by atoms with van der Waals surface area (Å²) in [6.07, 6.45) is 3.60. The van der Waals surface area contributed by atoms with Gasteiger partial charge >= 0.3 is 0 Å². The van der Waals surface area contributed by atoms with Crippen LogP contribution in [0.5, 0.6) is 0 Å². The van der Waals surface area contributed by atoms with E-state index in [1.165, 1.54) is 12.3 Å². The Morgan fingerprint density at radius 2 is 2.17 bits per heavy atom. The van der Waals surface area contributed by atoms with Gasteiger partial charge in [0.15, 0.2) is 0 Å². The molecular formula is C5H6Cl2N2O2S. The molecule has 0 aliphatic carbocycles. The fraction of sp³-hybridized carbons (Fsp3) is 0.400. The predicted octanol–water partition coefficient (Wildman–Crippen LogP) is 0.635. The van der Waals surface area contributed by atoms with Crippen molar-refractivity contribution in [1.82, 2.24) is 5.32 Å². The molecule has 0 aromatic rings. The lowest BCUT2D eigenvalue weighted by atomic mass is 10.5. The molecule has 7 heteroatoms. The molecule has 0 unspecified atom stereocenters. The first-order valence-corrected chi connectivity index (χ1v) is 5.57. The van der Waals surface area contributed by atoms with Crippen LogP contribution in [0.4, 0.5) is 0 Å². The number of halogens is 2. The molecule has 1 aliphatic heterocycles. The van der Waals surface area contributed by atoms with Crippen molar-refractivity contribution in [3.8, 4) is 0 Å². The summed E-state index contributed by atoms with van der Waals surface area (Å²) in [5, 5.41) is 2.11. The molecule has 0 spiro atoms. The van der Waals surface area contributed by atoms with Crippen molar-refractivity contribution in [2.45, 2.75) is 4.46 Å². The van der Waals surface area contributed by atoms with Gasteiger partial charge < -0.3 is 5.32 Å². The summed E-state index contributed by atoms with van der Waals surface area (Å²) in [5.74, 6) is 0. The Morgan fingerprint density at radius 1 is 1.58 bits per heavy atom. The van der Waals surface area contributed by atoms with Crippen LogP contribution in [0.25, 0.3) is 0 Å². The van der Waals surface area contributed by atoms with Crippen LogP contribution in [0.3, 0.4) is 0 Å². The molecule has 1 aliphatic rings. The van der Waals surface area contributed by atoms with Gasteiger partial charge in [0.1, 0.15) is 0 Å². The Balaban J connectivity index is 3.00. The third-order valence-electron chi connectivity index (χ3n) is 1.10. The van der Waals surface area contributed by atoms with Crippen molar-refractivity contribution in [2.75, 3.05) is 6.26 Å². The summed E-state index contributed by atoms with van der Waals surface area (Å²) in [6.45, 7) is 0. The fourth-order valence-corrected chi connectivity index (χ4v) is 1.61. The molecule has 0 saturated heterocycles. The van der Waals surface area contributed by atoms with E-state index < -0.39 is 14.3 Å². The van der Waals surface area contributed by atoms with Crippen molar-refractivity contribution >= 4 is 38.2 Å². The Hall–Kier alpha value is -0.260. The summed E-state index contributed by atoms with van der Waals surface area (Å²) in [4.78, 5) is 3.56. The highest BCUT2D eigenvalue weighted by molar-refractivity contribution is 8.05. The van der Waals surface area contributed by atoms with E-state index in [1.54, 1.807) is 0 Å². The molecule has 12 heavy (non-hydrogen) atoms. The lowest BCUT2D eigenvalue weighted by Crippen LogP contribution is -2.43. The third kappa shape index (κ3) is 2.36. The number of nitrogens with one attached hydrogen (secondary N) is 1. The van der Waals surface area contributed by atoms with E-state index >= 15 is 0 Å². The second-order valence-electron chi connectivity index (χ2n) is 2.27. The molecule has 0 amide bonds. The minimum Gasteiger partial charge on any atom is -0.326 e. The quantitative estimate of drug-likeness (QED) is 0.489. The SMILES string of the molecule is CS(=O)(=O)C1=NC=CC(Cl)(Cl)N1. The molecule has 1 heterocycles. The van der Waals surface area contributed by atoms with Crippen molar-refractivity contribution in [1.29, 1.82) is 0 Å². The monoisotopic (exact) mass is 228 g/mol. The van der Waals surface area contributed by atoms with Gasteiger partial charge in [-0.1, -0.05) is 23.2 Å². The van der Waals surface area contributed by atoms with Gasteiger partial charge in [0.2, 0.25) is 19.5 Å². The largest absolute Gasteiger partial charge is 0.326 e. The van der Waals surface area contributed by atoms with Gasteiger partial charge in [-0.3, -0.25) is 0 Å². The highest BCUT2D eigenvalue weighted by atomic mass is 35.5. The summed E-state index contributed by atoms with van der Waals surface area (Å²) in [6, 6.07) is 0. The molecule has 0 atom stereocenters. The van der Waals surface area contributed by atoms with E-state index in [0.29, 0.717) is 0 Å². The Bertz CT molecular complexity index is 344. The van der Waals surface area contributed by atoms with E-state index in [9.17, 15) is 8.42 Å².